The molecule has 1 N–H and O–H groups in total. The molecular formula is C14H18BrN3. The Morgan fingerprint density at radius 3 is 2.83 bits per heavy atom. The van der Waals surface area contributed by atoms with Crippen LogP contribution in [0.4, 0.5) is 5.69 Å². The molecule has 0 saturated carbocycles. The standard InChI is InChI=1S/C14H18BrN3/c1-4-13-14(9-18(3)17-13)16-8-11-5-6-12(15)10(2)7-11/h5-7,9,16H,4,8H2,1-3H3. The molecule has 18 heavy (non-hydrogen) atoms. The lowest BCUT2D eigenvalue weighted by atomic mass is 10.1. The number of anilines is 1. The lowest BCUT2D eigenvalue weighted by Crippen LogP contribution is -2.01. The zero-order chi connectivity index (χ0) is 13.1. The van der Waals surface area contributed by atoms with Gasteiger partial charge in [-0.3, -0.25) is 4.68 Å². The van der Waals surface area contributed by atoms with Crippen molar-refractivity contribution in [2.24, 2.45) is 7.05 Å². The maximum Gasteiger partial charge on any atom is 0.0853 e. The van der Waals surface area contributed by atoms with Gasteiger partial charge < -0.3 is 5.32 Å². The largest absolute Gasteiger partial charge is 0.378 e. The number of hydrogen-bond acceptors (Lipinski definition) is 2. The van der Waals surface area contributed by atoms with Gasteiger partial charge in [0, 0.05) is 24.3 Å². The predicted octanol–water partition coefficient (Wildman–Crippen LogP) is 3.67. The summed E-state index contributed by atoms with van der Waals surface area (Å²) in [5.74, 6) is 0. The van der Waals surface area contributed by atoms with Crippen LogP contribution in [0.2, 0.25) is 0 Å². The van der Waals surface area contributed by atoms with Crippen LogP contribution in [0.5, 0.6) is 0 Å². The second kappa shape index (κ2) is 5.57. The second-order valence-electron chi connectivity index (χ2n) is 4.45. The normalized spacial score (nSPS) is 10.7. The van der Waals surface area contributed by atoms with Crippen molar-refractivity contribution in [2.45, 2.75) is 26.8 Å². The number of nitrogens with one attached hydrogen (secondary N) is 1. The van der Waals surface area contributed by atoms with Crippen LogP contribution in [0.25, 0.3) is 0 Å². The Kier molecular flexibility index (Phi) is 4.07. The summed E-state index contributed by atoms with van der Waals surface area (Å²) in [7, 11) is 1.95. The fraction of sp³-hybridized carbons (Fsp3) is 0.357. The fourth-order valence-electron chi connectivity index (χ4n) is 1.96. The van der Waals surface area contributed by atoms with Gasteiger partial charge in [-0.05, 0) is 30.5 Å². The molecular weight excluding hydrogens is 290 g/mol. The smallest absolute Gasteiger partial charge is 0.0853 e. The van der Waals surface area contributed by atoms with E-state index in [1.54, 1.807) is 0 Å². The lowest BCUT2D eigenvalue weighted by molar-refractivity contribution is 0.746. The van der Waals surface area contributed by atoms with Crippen molar-refractivity contribution in [3.63, 3.8) is 0 Å². The fourth-order valence-corrected chi connectivity index (χ4v) is 2.20. The predicted molar refractivity (Wildman–Crippen MR) is 78.8 cm³/mol. The Labute approximate surface area is 116 Å². The summed E-state index contributed by atoms with van der Waals surface area (Å²) >= 11 is 3.52. The Balaban J connectivity index is 2.08. The number of benzene rings is 1. The van der Waals surface area contributed by atoms with Crippen LogP contribution in [0, 0.1) is 6.92 Å². The Morgan fingerprint density at radius 1 is 1.39 bits per heavy atom. The average Bonchev–Trinajstić information content (AvgIpc) is 2.71. The van der Waals surface area contributed by atoms with Gasteiger partial charge in [-0.2, -0.15) is 5.10 Å². The van der Waals surface area contributed by atoms with Crippen molar-refractivity contribution in [2.75, 3.05) is 5.32 Å². The zero-order valence-corrected chi connectivity index (χ0v) is 12.6. The lowest BCUT2D eigenvalue weighted by Gasteiger charge is -2.07. The second-order valence-corrected chi connectivity index (χ2v) is 5.31. The quantitative estimate of drug-likeness (QED) is 0.934. The maximum absolute atomic E-state index is 4.42. The van der Waals surface area contributed by atoms with Crippen molar-refractivity contribution in [3.8, 4) is 0 Å². The van der Waals surface area contributed by atoms with E-state index >= 15 is 0 Å². The monoisotopic (exact) mass is 307 g/mol. The molecule has 0 amide bonds. The van der Waals surface area contributed by atoms with E-state index in [0.29, 0.717) is 0 Å². The first-order valence-corrected chi connectivity index (χ1v) is 6.91. The van der Waals surface area contributed by atoms with Crippen LogP contribution in [0.1, 0.15) is 23.7 Å². The van der Waals surface area contributed by atoms with Crippen LogP contribution in [-0.2, 0) is 20.0 Å². The van der Waals surface area contributed by atoms with Gasteiger partial charge in [-0.25, -0.2) is 0 Å². The van der Waals surface area contributed by atoms with Crippen molar-refractivity contribution >= 4 is 21.6 Å². The van der Waals surface area contributed by atoms with Gasteiger partial charge in [-0.15, -0.1) is 0 Å². The number of nitrogens with zero attached hydrogens (tertiary/aromatic N) is 2. The third-order valence-corrected chi connectivity index (χ3v) is 3.84. The van der Waals surface area contributed by atoms with Crippen molar-refractivity contribution in [3.05, 3.63) is 45.7 Å². The summed E-state index contributed by atoms with van der Waals surface area (Å²) in [6, 6.07) is 6.42. The molecule has 0 aliphatic heterocycles. The molecule has 2 aromatic rings. The molecule has 0 aliphatic carbocycles. The van der Waals surface area contributed by atoms with Gasteiger partial charge in [-0.1, -0.05) is 35.0 Å². The topological polar surface area (TPSA) is 29.9 Å². The van der Waals surface area contributed by atoms with E-state index in [1.165, 1.54) is 11.1 Å². The minimum Gasteiger partial charge on any atom is -0.378 e. The van der Waals surface area contributed by atoms with E-state index in [4.69, 9.17) is 0 Å². The molecule has 0 unspecified atom stereocenters. The van der Waals surface area contributed by atoms with Gasteiger partial charge >= 0.3 is 0 Å². The first-order valence-electron chi connectivity index (χ1n) is 6.11. The van der Waals surface area contributed by atoms with Gasteiger partial charge in [0.15, 0.2) is 0 Å². The molecule has 4 heteroatoms. The van der Waals surface area contributed by atoms with E-state index in [1.807, 2.05) is 17.9 Å². The Hall–Kier alpha value is -1.29. The van der Waals surface area contributed by atoms with Gasteiger partial charge in [0.05, 0.1) is 11.4 Å². The average molecular weight is 308 g/mol. The highest BCUT2D eigenvalue weighted by Crippen LogP contribution is 2.19. The highest BCUT2D eigenvalue weighted by molar-refractivity contribution is 9.10. The number of hydrogen-bond donors (Lipinski definition) is 1. The van der Waals surface area contributed by atoms with E-state index < -0.39 is 0 Å². The Morgan fingerprint density at radius 2 is 2.17 bits per heavy atom. The van der Waals surface area contributed by atoms with E-state index in [0.717, 1.165) is 28.8 Å². The number of rotatable bonds is 4. The zero-order valence-electron chi connectivity index (χ0n) is 11.0. The first kappa shape index (κ1) is 13.1. The van der Waals surface area contributed by atoms with Gasteiger partial charge in [0.2, 0.25) is 0 Å². The SMILES string of the molecule is CCc1nn(C)cc1NCc1ccc(Br)c(C)c1. The maximum atomic E-state index is 4.42. The Bertz CT molecular complexity index is 546. The molecule has 0 bridgehead atoms. The van der Waals surface area contributed by atoms with E-state index in [-0.39, 0.29) is 0 Å². The molecule has 0 saturated heterocycles. The van der Waals surface area contributed by atoms with Crippen LogP contribution in [0.15, 0.2) is 28.9 Å². The van der Waals surface area contributed by atoms with E-state index in [9.17, 15) is 0 Å². The van der Waals surface area contributed by atoms with Gasteiger partial charge in [0.1, 0.15) is 0 Å². The highest BCUT2D eigenvalue weighted by Gasteiger charge is 2.05. The first-order chi connectivity index (χ1) is 8.60. The molecule has 1 heterocycles. The molecule has 3 nitrogen and oxygen atoms in total. The minimum atomic E-state index is 0.826. The molecule has 2 rings (SSSR count). The van der Waals surface area contributed by atoms with Crippen molar-refractivity contribution in [1.82, 2.24) is 9.78 Å². The third-order valence-electron chi connectivity index (χ3n) is 2.95. The minimum absolute atomic E-state index is 0.826. The molecule has 0 fully saturated rings. The van der Waals surface area contributed by atoms with Crippen LogP contribution in [-0.4, -0.2) is 9.78 Å². The summed E-state index contributed by atoms with van der Waals surface area (Å²) in [6.45, 7) is 5.05. The number of halogens is 1. The van der Waals surface area contributed by atoms with Gasteiger partial charge in [0.25, 0.3) is 0 Å². The van der Waals surface area contributed by atoms with Crippen molar-refractivity contribution < 1.29 is 0 Å². The molecule has 0 atom stereocenters. The van der Waals surface area contributed by atoms with E-state index in [2.05, 4.69) is 58.4 Å². The van der Waals surface area contributed by atoms with Crippen LogP contribution < -0.4 is 5.32 Å². The number of aromatic nitrogens is 2. The summed E-state index contributed by atoms with van der Waals surface area (Å²) < 4.78 is 3.01. The molecule has 0 radical (unpaired) electrons. The van der Waals surface area contributed by atoms with Crippen molar-refractivity contribution in [1.29, 1.82) is 0 Å². The molecule has 0 spiro atoms. The number of aryl methyl sites for hydroxylation is 3. The molecule has 0 aliphatic rings. The molecule has 96 valence electrons. The highest BCUT2D eigenvalue weighted by atomic mass is 79.9. The summed E-state index contributed by atoms with van der Waals surface area (Å²) in [4.78, 5) is 0. The van der Waals surface area contributed by atoms with Crippen LogP contribution >= 0.6 is 15.9 Å². The van der Waals surface area contributed by atoms with Crippen LogP contribution in [0.3, 0.4) is 0 Å². The summed E-state index contributed by atoms with van der Waals surface area (Å²) in [6.07, 6.45) is 2.98. The summed E-state index contributed by atoms with van der Waals surface area (Å²) in [5.41, 5.74) is 4.78. The third kappa shape index (κ3) is 2.93. The molecule has 1 aromatic carbocycles. The molecule has 1 aromatic heterocycles. The summed E-state index contributed by atoms with van der Waals surface area (Å²) in [5, 5.41) is 7.87.